The molecule has 0 saturated heterocycles. The standard InChI is InChI=1S/C16H24N2O3/c17-11-4-2-1-3-5-15(19)18-12-10-13-6-8-14(9-7-13)16(20)21/h6-9H,1-5,10-12,17H2,(H,18,19)(H,20,21). The minimum atomic E-state index is -0.926. The molecule has 0 spiro atoms. The lowest BCUT2D eigenvalue weighted by atomic mass is 10.1. The van der Waals surface area contributed by atoms with Gasteiger partial charge in [0.15, 0.2) is 0 Å². The summed E-state index contributed by atoms with van der Waals surface area (Å²) in [6, 6.07) is 6.72. The van der Waals surface area contributed by atoms with E-state index < -0.39 is 5.97 Å². The molecule has 5 heteroatoms. The average Bonchev–Trinajstić information content (AvgIpc) is 2.47. The molecule has 4 N–H and O–H groups in total. The highest BCUT2D eigenvalue weighted by atomic mass is 16.4. The number of hydrogen-bond acceptors (Lipinski definition) is 3. The molecular formula is C16H24N2O3. The first-order chi connectivity index (χ1) is 10.1. The van der Waals surface area contributed by atoms with Gasteiger partial charge < -0.3 is 16.2 Å². The van der Waals surface area contributed by atoms with Gasteiger partial charge in [-0.15, -0.1) is 0 Å². The fourth-order valence-electron chi connectivity index (χ4n) is 2.03. The lowest BCUT2D eigenvalue weighted by molar-refractivity contribution is -0.121. The van der Waals surface area contributed by atoms with Gasteiger partial charge in [0, 0.05) is 13.0 Å². The second-order valence-electron chi connectivity index (χ2n) is 5.05. The molecule has 0 bridgehead atoms. The Morgan fingerprint density at radius 1 is 1.05 bits per heavy atom. The van der Waals surface area contributed by atoms with Gasteiger partial charge in [0.25, 0.3) is 0 Å². The Hall–Kier alpha value is -1.88. The van der Waals surface area contributed by atoms with E-state index in [1.54, 1.807) is 24.3 Å². The molecule has 0 fully saturated rings. The van der Waals surface area contributed by atoms with Crippen molar-refractivity contribution in [2.75, 3.05) is 13.1 Å². The number of carboxylic acids is 1. The van der Waals surface area contributed by atoms with Crippen LogP contribution in [0.1, 0.15) is 48.0 Å². The van der Waals surface area contributed by atoms with Crippen molar-refractivity contribution in [3.8, 4) is 0 Å². The fourth-order valence-corrected chi connectivity index (χ4v) is 2.03. The number of hydrogen-bond donors (Lipinski definition) is 3. The van der Waals surface area contributed by atoms with Gasteiger partial charge in [-0.25, -0.2) is 4.79 Å². The van der Waals surface area contributed by atoms with Crippen LogP contribution < -0.4 is 11.1 Å². The lowest BCUT2D eigenvalue weighted by Gasteiger charge is -2.06. The minimum absolute atomic E-state index is 0.0740. The Kier molecular flexibility index (Phi) is 8.12. The minimum Gasteiger partial charge on any atom is -0.478 e. The zero-order chi connectivity index (χ0) is 15.5. The third-order valence-corrected chi connectivity index (χ3v) is 3.29. The fraction of sp³-hybridized carbons (Fsp3) is 0.500. The second kappa shape index (κ2) is 9.94. The monoisotopic (exact) mass is 292 g/mol. The van der Waals surface area contributed by atoms with Gasteiger partial charge in [0.05, 0.1) is 5.56 Å². The van der Waals surface area contributed by atoms with Crippen molar-refractivity contribution in [1.82, 2.24) is 5.32 Å². The molecule has 1 aromatic rings. The van der Waals surface area contributed by atoms with E-state index in [4.69, 9.17) is 10.8 Å². The van der Waals surface area contributed by atoms with Crippen molar-refractivity contribution in [3.05, 3.63) is 35.4 Å². The van der Waals surface area contributed by atoms with Gasteiger partial charge in [0.2, 0.25) is 5.91 Å². The Morgan fingerprint density at radius 3 is 2.33 bits per heavy atom. The third kappa shape index (κ3) is 7.46. The zero-order valence-electron chi connectivity index (χ0n) is 12.3. The summed E-state index contributed by atoms with van der Waals surface area (Å²) in [5.41, 5.74) is 6.70. The van der Waals surface area contributed by atoms with E-state index in [0.717, 1.165) is 31.2 Å². The van der Waals surface area contributed by atoms with Crippen LogP contribution in [0.3, 0.4) is 0 Å². The molecule has 0 atom stereocenters. The highest BCUT2D eigenvalue weighted by Gasteiger charge is 2.03. The second-order valence-corrected chi connectivity index (χ2v) is 5.05. The Morgan fingerprint density at radius 2 is 1.71 bits per heavy atom. The number of nitrogens with one attached hydrogen (secondary N) is 1. The van der Waals surface area contributed by atoms with E-state index in [9.17, 15) is 9.59 Å². The number of benzene rings is 1. The van der Waals surface area contributed by atoms with Crippen LogP contribution in [0, 0.1) is 0 Å². The Labute approximate surface area is 125 Å². The topological polar surface area (TPSA) is 92.4 Å². The summed E-state index contributed by atoms with van der Waals surface area (Å²) in [5, 5.41) is 11.7. The Bertz CT molecular complexity index is 443. The van der Waals surface area contributed by atoms with Crippen molar-refractivity contribution < 1.29 is 14.7 Å². The molecule has 0 unspecified atom stereocenters. The van der Waals surface area contributed by atoms with E-state index >= 15 is 0 Å². The largest absolute Gasteiger partial charge is 0.478 e. The van der Waals surface area contributed by atoms with Crippen LogP contribution in [0.25, 0.3) is 0 Å². The molecule has 0 saturated carbocycles. The van der Waals surface area contributed by atoms with Crippen molar-refractivity contribution in [2.45, 2.75) is 38.5 Å². The van der Waals surface area contributed by atoms with Gasteiger partial charge in [-0.3, -0.25) is 4.79 Å². The van der Waals surface area contributed by atoms with E-state index in [1.165, 1.54) is 0 Å². The van der Waals surface area contributed by atoms with E-state index in [0.29, 0.717) is 25.9 Å². The summed E-state index contributed by atoms with van der Waals surface area (Å²) in [7, 11) is 0. The van der Waals surface area contributed by atoms with Crippen molar-refractivity contribution in [2.24, 2.45) is 5.73 Å². The van der Waals surface area contributed by atoms with Crippen molar-refractivity contribution >= 4 is 11.9 Å². The maximum absolute atomic E-state index is 11.6. The van der Waals surface area contributed by atoms with Crippen LogP contribution in [0.2, 0.25) is 0 Å². The predicted octanol–water partition coefficient (Wildman–Crippen LogP) is 1.95. The van der Waals surface area contributed by atoms with Gasteiger partial charge in [-0.2, -0.15) is 0 Å². The molecule has 1 amide bonds. The number of unbranched alkanes of at least 4 members (excludes halogenated alkanes) is 3. The maximum Gasteiger partial charge on any atom is 0.335 e. The van der Waals surface area contributed by atoms with Crippen LogP contribution in [-0.2, 0) is 11.2 Å². The first-order valence-corrected chi connectivity index (χ1v) is 7.42. The van der Waals surface area contributed by atoms with E-state index in [1.807, 2.05) is 0 Å². The van der Waals surface area contributed by atoms with Crippen LogP contribution in [0.15, 0.2) is 24.3 Å². The first kappa shape index (κ1) is 17.2. The molecule has 1 aromatic carbocycles. The summed E-state index contributed by atoms with van der Waals surface area (Å²) in [6.07, 6.45) is 5.31. The van der Waals surface area contributed by atoms with E-state index in [-0.39, 0.29) is 11.5 Å². The quantitative estimate of drug-likeness (QED) is 0.575. The number of carbonyl (C=O) groups excluding carboxylic acids is 1. The molecule has 0 aliphatic carbocycles. The smallest absolute Gasteiger partial charge is 0.335 e. The molecule has 0 aromatic heterocycles. The van der Waals surface area contributed by atoms with Crippen molar-refractivity contribution in [3.63, 3.8) is 0 Å². The first-order valence-electron chi connectivity index (χ1n) is 7.42. The summed E-state index contributed by atoms with van der Waals surface area (Å²) >= 11 is 0. The summed E-state index contributed by atoms with van der Waals surface area (Å²) in [6.45, 7) is 1.29. The predicted molar refractivity (Wildman–Crippen MR) is 82.3 cm³/mol. The van der Waals surface area contributed by atoms with Gasteiger partial charge >= 0.3 is 5.97 Å². The summed E-state index contributed by atoms with van der Waals surface area (Å²) < 4.78 is 0. The number of nitrogens with two attached hydrogens (primary N) is 1. The van der Waals surface area contributed by atoms with Crippen LogP contribution in [-0.4, -0.2) is 30.1 Å². The average molecular weight is 292 g/mol. The normalized spacial score (nSPS) is 10.3. The van der Waals surface area contributed by atoms with E-state index in [2.05, 4.69) is 5.32 Å². The molecule has 116 valence electrons. The summed E-state index contributed by atoms with van der Waals surface area (Å²) in [4.78, 5) is 22.3. The molecule has 0 aliphatic rings. The number of carboxylic acid groups (broad SMARTS) is 1. The number of amides is 1. The highest BCUT2D eigenvalue weighted by molar-refractivity contribution is 5.87. The number of carbonyl (C=O) groups is 2. The molecule has 1 rings (SSSR count). The summed E-state index contributed by atoms with van der Waals surface area (Å²) in [5.74, 6) is -0.852. The number of aromatic carboxylic acids is 1. The third-order valence-electron chi connectivity index (χ3n) is 3.29. The molecule has 5 nitrogen and oxygen atoms in total. The maximum atomic E-state index is 11.6. The van der Waals surface area contributed by atoms with Crippen LogP contribution in [0.5, 0.6) is 0 Å². The number of rotatable bonds is 10. The highest BCUT2D eigenvalue weighted by Crippen LogP contribution is 2.05. The van der Waals surface area contributed by atoms with Gasteiger partial charge in [0.1, 0.15) is 0 Å². The SMILES string of the molecule is NCCCCCCC(=O)NCCc1ccc(C(=O)O)cc1. The van der Waals surface area contributed by atoms with Gasteiger partial charge in [-0.1, -0.05) is 25.0 Å². The van der Waals surface area contributed by atoms with Crippen LogP contribution in [0.4, 0.5) is 0 Å². The molecular weight excluding hydrogens is 268 g/mol. The lowest BCUT2D eigenvalue weighted by Crippen LogP contribution is -2.25. The van der Waals surface area contributed by atoms with Crippen molar-refractivity contribution in [1.29, 1.82) is 0 Å². The van der Waals surface area contributed by atoms with Crippen LogP contribution >= 0.6 is 0 Å². The molecule has 0 heterocycles. The van der Waals surface area contributed by atoms with Gasteiger partial charge in [-0.05, 0) is 43.5 Å². The Balaban J connectivity index is 2.15. The molecule has 0 aliphatic heterocycles. The molecule has 0 radical (unpaired) electrons. The zero-order valence-corrected chi connectivity index (χ0v) is 12.3. The molecule has 21 heavy (non-hydrogen) atoms.